The summed E-state index contributed by atoms with van der Waals surface area (Å²) >= 11 is 0. The van der Waals surface area contributed by atoms with Gasteiger partial charge in [0.25, 0.3) is 0 Å². The Morgan fingerprint density at radius 3 is 2.69 bits per heavy atom. The Morgan fingerprint density at radius 1 is 1.44 bits per heavy atom. The Bertz CT molecular complexity index is 321. The average molecular weight is 247 g/mol. The maximum absolute atomic E-state index is 12.5. The number of oxime groups is 1. The number of hydrogen-bond donors (Lipinski definition) is 0. The van der Waals surface area contributed by atoms with Crippen LogP contribution in [0.3, 0.4) is 0 Å². The van der Waals surface area contributed by atoms with Crippen molar-refractivity contribution in [2.24, 2.45) is 11.1 Å². The molecule has 0 unspecified atom stereocenters. The van der Waals surface area contributed by atoms with Crippen LogP contribution in [0.4, 0.5) is 0 Å². The molecule has 92 valence electrons. The van der Waals surface area contributed by atoms with Gasteiger partial charge in [-0.15, -0.1) is 0 Å². The molecule has 1 saturated carbocycles. The Morgan fingerprint density at radius 2 is 2.12 bits per heavy atom. The lowest BCUT2D eigenvalue weighted by molar-refractivity contribution is 0.150. The standard InChI is InChI=1S/C10H18NO4P/c1-3-14-16(12,15-4-2)9-5-8-7-13-11-10(8)6-9/h8-9H,3-7H2,1-2H3/t8-,9+/m1/s1. The molecule has 6 heteroatoms. The average Bonchev–Trinajstić information content (AvgIpc) is 2.77. The van der Waals surface area contributed by atoms with Crippen molar-refractivity contribution in [2.45, 2.75) is 32.3 Å². The van der Waals surface area contributed by atoms with Crippen LogP contribution in [0.2, 0.25) is 0 Å². The zero-order valence-electron chi connectivity index (χ0n) is 9.72. The molecule has 0 saturated heterocycles. The quantitative estimate of drug-likeness (QED) is 0.700. The van der Waals surface area contributed by atoms with E-state index in [1.807, 2.05) is 13.8 Å². The number of hydrogen-bond acceptors (Lipinski definition) is 5. The van der Waals surface area contributed by atoms with Crippen LogP contribution in [-0.2, 0) is 18.5 Å². The third-order valence-electron chi connectivity index (χ3n) is 3.00. The molecule has 0 aromatic heterocycles. The van der Waals surface area contributed by atoms with Crippen molar-refractivity contribution >= 4 is 13.3 Å². The van der Waals surface area contributed by atoms with Crippen LogP contribution in [0.25, 0.3) is 0 Å². The van der Waals surface area contributed by atoms with Gasteiger partial charge in [-0.3, -0.25) is 4.57 Å². The molecule has 0 amide bonds. The molecule has 2 aliphatic rings. The number of nitrogens with zero attached hydrogens (tertiary/aromatic N) is 1. The van der Waals surface area contributed by atoms with Crippen LogP contribution < -0.4 is 0 Å². The monoisotopic (exact) mass is 247 g/mol. The molecule has 1 aliphatic carbocycles. The Labute approximate surface area is 95.7 Å². The predicted octanol–water partition coefficient (Wildman–Crippen LogP) is 2.42. The molecule has 0 N–H and O–H groups in total. The Kier molecular flexibility index (Phi) is 3.67. The Balaban J connectivity index is 2.07. The summed E-state index contributed by atoms with van der Waals surface area (Å²) in [5.41, 5.74) is 0.977. The van der Waals surface area contributed by atoms with Crippen molar-refractivity contribution in [2.75, 3.05) is 19.8 Å². The highest BCUT2D eigenvalue weighted by atomic mass is 31.2. The zero-order valence-corrected chi connectivity index (χ0v) is 10.6. The van der Waals surface area contributed by atoms with Crippen molar-refractivity contribution in [1.29, 1.82) is 0 Å². The molecule has 0 radical (unpaired) electrons. The summed E-state index contributed by atoms with van der Waals surface area (Å²) in [6, 6.07) is 0. The first-order chi connectivity index (χ1) is 7.69. The van der Waals surface area contributed by atoms with Gasteiger partial charge in [0, 0.05) is 12.3 Å². The highest BCUT2D eigenvalue weighted by Gasteiger charge is 2.46. The number of fused-ring (bicyclic) bond motifs is 1. The summed E-state index contributed by atoms with van der Waals surface area (Å²) in [5.74, 6) is 0.319. The fraction of sp³-hybridized carbons (Fsp3) is 0.900. The summed E-state index contributed by atoms with van der Waals surface area (Å²) in [6.45, 7) is 5.12. The van der Waals surface area contributed by atoms with Crippen molar-refractivity contribution in [3.8, 4) is 0 Å². The number of rotatable bonds is 5. The van der Waals surface area contributed by atoms with Gasteiger partial charge in [0.05, 0.1) is 24.6 Å². The predicted molar refractivity (Wildman–Crippen MR) is 60.8 cm³/mol. The van der Waals surface area contributed by atoms with E-state index < -0.39 is 7.60 Å². The molecule has 1 aliphatic heterocycles. The Hall–Kier alpha value is -0.380. The smallest absolute Gasteiger partial charge is 0.334 e. The zero-order chi connectivity index (χ0) is 11.6. The van der Waals surface area contributed by atoms with Gasteiger partial charge in [-0.1, -0.05) is 5.16 Å². The van der Waals surface area contributed by atoms with Crippen molar-refractivity contribution in [1.82, 2.24) is 0 Å². The van der Waals surface area contributed by atoms with Gasteiger partial charge in [0.1, 0.15) is 6.61 Å². The molecule has 0 aromatic carbocycles. The minimum atomic E-state index is -2.96. The summed E-state index contributed by atoms with van der Waals surface area (Å²) in [4.78, 5) is 5.01. The molecule has 1 fully saturated rings. The van der Waals surface area contributed by atoms with E-state index in [-0.39, 0.29) is 5.66 Å². The normalized spacial score (nSPS) is 28.8. The fourth-order valence-corrected chi connectivity index (χ4v) is 4.43. The van der Waals surface area contributed by atoms with Gasteiger partial charge < -0.3 is 13.9 Å². The largest absolute Gasteiger partial charge is 0.395 e. The molecule has 5 nitrogen and oxygen atoms in total. The van der Waals surface area contributed by atoms with Crippen molar-refractivity contribution < 1.29 is 18.5 Å². The first kappa shape index (κ1) is 12.1. The van der Waals surface area contributed by atoms with Gasteiger partial charge in [0.2, 0.25) is 0 Å². The second-order valence-corrected chi connectivity index (χ2v) is 6.37. The minimum absolute atomic E-state index is 0.0416. The lowest BCUT2D eigenvalue weighted by atomic mass is 10.1. The van der Waals surface area contributed by atoms with Gasteiger partial charge in [-0.25, -0.2) is 0 Å². The van der Waals surface area contributed by atoms with Gasteiger partial charge >= 0.3 is 7.60 Å². The first-order valence-electron chi connectivity index (χ1n) is 5.77. The van der Waals surface area contributed by atoms with E-state index in [9.17, 15) is 4.57 Å². The van der Waals surface area contributed by atoms with Crippen LogP contribution in [0, 0.1) is 5.92 Å². The molecular formula is C10H18NO4P. The van der Waals surface area contributed by atoms with Gasteiger partial charge in [0.15, 0.2) is 0 Å². The van der Waals surface area contributed by atoms with E-state index in [0.29, 0.717) is 32.2 Å². The van der Waals surface area contributed by atoms with Crippen LogP contribution in [-0.4, -0.2) is 31.2 Å². The highest BCUT2D eigenvalue weighted by Crippen LogP contribution is 2.58. The molecule has 0 aromatic rings. The summed E-state index contributed by atoms with van der Waals surface area (Å²) in [6.07, 6.45) is 1.48. The van der Waals surface area contributed by atoms with E-state index in [0.717, 1.165) is 12.1 Å². The van der Waals surface area contributed by atoms with Crippen LogP contribution in [0.15, 0.2) is 5.16 Å². The van der Waals surface area contributed by atoms with E-state index in [2.05, 4.69) is 5.16 Å². The third-order valence-corrected chi connectivity index (χ3v) is 5.52. The third kappa shape index (κ3) is 2.17. The second kappa shape index (κ2) is 4.86. The lowest BCUT2D eigenvalue weighted by Gasteiger charge is -2.22. The van der Waals surface area contributed by atoms with Crippen molar-refractivity contribution in [3.63, 3.8) is 0 Å². The molecule has 16 heavy (non-hydrogen) atoms. The maximum atomic E-state index is 12.5. The molecule has 2 atom stereocenters. The van der Waals surface area contributed by atoms with Crippen LogP contribution in [0.5, 0.6) is 0 Å². The SMILES string of the molecule is CCOP(=O)(OCC)[C@@H]1CC2=NOC[C@H]2C1. The van der Waals surface area contributed by atoms with Crippen LogP contribution in [0.1, 0.15) is 26.7 Å². The van der Waals surface area contributed by atoms with E-state index in [1.165, 1.54) is 0 Å². The maximum Gasteiger partial charge on any atom is 0.334 e. The molecular weight excluding hydrogens is 229 g/mol. The van der Waals surface area contributed by atoms with E-state index in [1.54, 1.807) is 0 Å². The van der Waals surface area contributed by atoms with Crippen molar-refractivity contribution in [3.05, 3.63) is 0 Å². The second-order valence-electron chi connectivity index (χ2n) is 4.04. The molecule has 0 spiro atoms. The molecule has 2 rings (SSSR count). The lowest BCUT2D eigenvalue weighted by Crippen LogP contribution is -2.11. The minimum Gasteiger partial charge on any atom is -0.395 e. The van der Waals surface area contributed by atoms with Gasteiger partial charge in [-0.2, -0.15) is 0 Å². The van der Waals surface area contributed by atoms with E-state index >= 15 is 0 Å². The molecule has 1 heterocycles. The summed E-state index contributed by atoms with van der Waals surface area (Å²) < 4.78 is 23.2. The summed E-state index contributed by atoms with van der Waals surface area (Å²) in [5, 5.41) is 3.97. The van der Waals surface area contributed by atoms with E-state index in [4.69, 9.17) is 13.9 Å². The molecule has 0 bridgehead atoms. The van der Waals surface area contributed by atoms with Crippen LogP contribution >= 0.6 is 7.60 Å². The van der Waals surface area contributed by atoms with Gasteiger partial charge in [-0.05, 0) is 20.3 Å². The topological polar surface area (TPSA) is 57.1 Å². The fourth-order valence-electron chi connectivity index (χ4n) is 2.29. The summed E-state index contributed by atoms with van der Waals surface area (Å²) in [7, 11) is -2.96. The highest BCUT2D eigenvalue weighted by molar-refractivity contribution is 7.54. The first-order valence-corrected chi connectivity index (χ1v) is 7.38.